The lowest BCUT2D eigenvalue weighted by molar-refractivity contribution is -0.122. The maximum Gasteiger partial charge on any atom is 0.246 e. The van der Waals surface area contributed by atoms with Crippen molar-refractivity contribution >= 4 is 23.8 Å². The van der Waals surface area contributed by atoms with Gasteiger partial charge < -0.3 is 10.6 Å². The zero-order valence-corrected chi connectivity index (χ0v) is 9.10. The fourth-order valence-corrected chi connectivity index (χ4v) is 1.69. The average Bonchev–Trinajstić information content (AvgIpc) is 2.77. The lowest BCUT2D eigenvalue weighted by Gasteiger charge is -2.10. The fourth-order valence-electron chi connectivity index (χ4n) is 1.69. The molecule has 1 aromatic rings. The minimum absolute atomic E-state index is 0.0959. The van der Waals surface area contributed by atoms with Crippen LogP contribution >= 0.6 is 0 Å². The van der Waals surface area contributed by atoms with Crippen LogP contribution in [0.15, 0.2) is 24.3 Å². The Morgan fingerprint density at radius 1 is 1.35 bits per heavy atom. The van der Waals surface area contributed by atoms with Crippen molar-refractivity contribution in [2.45, 2.75) is 18.9 Å². The van der Waals surface area contributed by atoms with E-state index in [2.05, 4.69) is 10.6 Å². The largest absolute Gasteiger partial charge is 0.344 e. The number of benzene rings is 1. The lowest BCUT2D eigenvalue weighted by Crippen LogP contribution is -2.37. The minimum Gasteiger partial charge on any atom is -0.344 e. The summed E-state index contributed by atoms with van der Waals surface area (Å²) in [5, 5.41) is 5.28. The summed E-state index contributed by atoms with van der Waals surface area (Å²) < 4.78 is 0. The van der Waals surface area contributed by atoms with Crippen LogP contribution in [-0.2, 0) is 9.59 Å². The number of anilines is 1. The Morgan fingerprint density at radius 3 is 2.59 bits per heavy atom. The van der Waals surface area contributed by atoms with Crippen LogP contribution in [0.1, 0.15) is 23.2 Å². The third-order valence-electron chi connectivity index (χ3n) is 2.63. The standard InChI is InChI=1S/C12H12N2O3/c15-7-8-1-3-9(4-2-8)13-12(17)10-5-6-11(16)14-10/h1-4,7,10H,5-6H2,(H,13,17)(H,14,16)/t10-/m0/s1. The van der Waals surface area contributed by atoms with Crippen molar-refractivity contribution in [3.05, 3.63) is 29.8 Å². The van der Waals surface area contributed by atoms with E-state index in [-0.39, 0.29) is 11.8 Å². The first-order valence-corrected chi connectivity index (χ1v) is 5.34. The minimum atomic E-state index is -0.451. The Hall–Kier alpha value is -2.17. The van der Waals surface area contributed by atoms with Crippen LogP contribution in [0.3, 0.4) is 0 Å². The number of amides is 2. The van der Waals surface area contributed by atoms with Crippen molar-refractivity contribution in [3.63, 3.8) is 0 Å². The number of carbonyl (C=O) groups excluding carboxylic acids is 3. The highest BCUT2D eigenvalue weighted by molar-refractivity contribution is 5.99. The highest BCUT2D eigenvalue weighted by atomic mass is 16.2. The normalized spacial score (nSPS) is 18.6. The Kier molecular flexibility index (Phi) is 3.18. The zero-order valence-electron chi connectivity index (χ0n) is 9.10. The van der Waals surface area contributed by atoms with E-state index in [9.17, 15) is 14.4 Å². The number of nitrogens with one attached hydrogen (secondary N) is 2. The second-order valence-corrected chi connectivity index (χ2v) is 3.89. The first-order chi connectivity index (χ1) is 8.19. The molecule has 0 saturated carbocycles. The predicted octanol–water partition coefficient (Wildman–Crippen LogP) is 0.716. The molecule has 1 aliphatic rings. The number of hydrogen-bond donors (Lipinski definition) is 2. The van der Waals surface area contributed by atoms with Gasteiger partial charge in [0.1, 0.15) is 12.3 Å². The van der Waals surface area contributed by atoms with Crippen LogP contribution < -0.4 is 10.6 Å². The smallest absolute Gasteiger partial charge is 0.246 e. The molecule has 5 heteroatoms. The van der Waals surface area contributed by atoms with Crippen molar-refractivity contribution in [2.75, 3.05) is 5.32 Å². The Balaban J connectivity index is 1.97. The molecule has 1 fully saturated rings. The summed E-state index contributed by atoms with van der Waals surface area (Å²) >= 11 is 0. The highest BCUT2D eigenvalue weighted by Crippen LogP contribution is 2.12. The number of hydrogen-bond acceptors (Lipinski definition) is 3. The number of aldehydes is 1. The molecule has 1 atom stereocenters. The number of carbonyl (C=O) groups is 3. The molecule has 1 aliphatic heterocycles. The topological polar surface area (TPSA) is 75.3 Å². The molecule has 0 spiro atoms. The van der Waals surface area contributed by atoms with Crippen molar-refractivity contribution < 1.29 is 14.4 Å². The molecular formula is C12H12N2O3. The fraction of sp³-hybridized carbons (Fsp3) is 0.250. The van der Waals surface area contributed by atoms with Gasteiger partial charge in [-0.05, 0) is 30.7 Å². The van der Waals surface area contributed by atoms with Crippen molar-refractivity contribution in [3.8, 4) is 0 Å². The summed E-state index contributed by atoms with van der Waals surface area (Å²) in [5.74, 6) is -0.323. The van der Waals surface area contributed by atoms with E-state index in [0.29, 0.717) is 24.1 Å². The third kappa shape index (κ3) is 2.69. The zero-order chi connectivity index (χ0) is 12.3. The molecule has 0 aliphatic carbocycles. The van der Waals surface area contributed by atoms with Crippen molar-refractivity contribution in [2.24, 2.45) is 0 Å². The van der Waals surface area contributed by atoms with Crippen molar-refractivity contribution in [1.29, 1.82) is 0 Å². The molecule has 0 aromatic heterocycles. The van der Waals surface area contributed by atoms with Gasteiger partial charge in [0, 0.05) is 17.7 Å². The molecule has 2 amide bonds. The average molecular weight is 232 g/mol. The lowest BCUT2D eigenvalue weighted by atomic mass is 10.2. The van der Waals surface area contributed by atoms with Gasteiger partial charge in [-0.15, -0.1) is 0 Å². The second-order valence-electron chi connectivity index (χ2n) is 3.89. The van der Waals surface area contributed by atoms with Gasteiger partial charge in [-0.25, -0.2) is 0 Å². The van der Waals surface area contributed by atoms with Crippen LogP contribution in [0.25, 0.3) is 0 Å². The Bertz CT molecular complexity index is 453. The molecule has 0 radical (unpaired) electrons. The molecule has 1 saturated heterocycles. The van der Waals surface area contributed by atoms with E-state index in [0.717, 1.165) is 6.29 Å². The van der Waals surface area contributed by atoms with Gasteiger partial charge in [0.15, 0.2) is 0 Å². The van der Waals surface area contributed by atoms with E-state index in [1.165, 1.54) is 0 Å². The van der Waals surface area contributed by atoms with E-state index < -0.39 is 6.04 Å². The molecule has 1 aromatic carbocycles. The van der Waals surface area contributed by atoms with E-state index in [4.69, 9.17) is 0 Å². The summed E-state index contributed by atoms with van der Waals surface area (Å²) in [4.78, 5) is 33.1. The Morgan fingerprint density at radius 2 is 2.06 bits per heavy atom. The van der Waals surface area contributed by atoms with Gasteiger partial charge in [-0.2, -0.15) is 0 Å². The van der Waals surface area contributed by atoms with E-state index in [1.54, 1.807) is 24.3 Å². The molecule has 17 heavy (non-hydrogen) atoms. The maximum atomic E-state index is 11.7. The molecule has 88 valence electrons. The quantitative estimate of drug-likeness (QED) is 0.754. The van der Waals surface area contributed by atoms with Crippen LogP contribution in [0.5, 0.6) is 0 Å². The van der Waals surface area contributed by atoms with Gasteiger partial charge in [0.2, 0.25) is 11.8 Å². The molecule has 0 bridgehead atoms. The summed E-state index contributed by atoms with van der Waals surface area (Å²) in [6, 6.07) is 6.09. The molecule has 2 rings (SSSR count). The summed E-state index contributed by atoms with van der Waals surface area (Å²) in [6.45, 7) is 0. The van der Waals surface area contributed by atoms with Crippen LogP contribution in [0.2, 0.25) is 0 Å². The highest BCUT2D eigenvalue weighted by Gasteiger charge is 2.26. The summed E-state index contributed by atoms with van der Waals surface area (Å²) in [6.07, 6.45) is 1.65. The predicted molar refractivity (Wildman–Crippen MR) is 61.6 cm³/mol. The Labute approximate surface area is 98.2 Å². The van der Waals surface area contributed by atoms with Crippen molar-refractivity contribution in [1.82, 2.24) is 5.32 Å². The molecular weight excluding hydrogens is 220 g/mol. The van der Waals surface area contributed by atoms with Gasteiger partial charge in [0.05, 0.1) is 0 Å². The SMILES string of the molecule is O=Cc1ccc(NC(=O)[C@@H]2CCC(=O)N2)cc1. The summed E-state index contributed by atoms with van der Waals surface area (Å²) in [7, 11) is 0. The molecule has 1 heterocycles. The van der Waals surface area contributed by atoms with Crippen LogP contribution in [-0.4, -0.2) is 24.1 Å². The molecule has 2 N–H and O–H groups in total. The van der Waals surface area contributed by atoms with Gasteiger partial charge in [0.25, 0.3) is 0 Å². The van der Waals surface area contributed by atoms with E-state index in [1.807, 2.05) is 0 Å². The van der Waals surface area contributed by atoms with Gasteiger partial charge >= 0.3 is 0 Å². The van der Waals surface area contributed by atoms with Gasteiger partial charge in [-0.3, -0.25) is 14.4 Å². The third-order valence-corrected chi connectivity index (χ3v) is 2.63. The van der Waals surface area contributed by atoms with E-state index >= 15 is 0 Å². The monoisotopic (exact) mass is 232 g/mol. The van der Waals surface area contributed by atoms with Crippen LogP contribution in [0.4, 0.5) is 5.69 Å². The number of rotatable bonds is 3. The van der Waals surface area contributed by atoms with Gasteiger partial charge in [-0.1, -0.05) is 0 Å². The van der Waals surface area contributed by atoms with Crippen LogP contribution in [0, 0.1) is 0 Å². The molecule has 5 nitrogen and oxygen atoms in total. The first kappa shape index (κ1) is 11.3. The molecule has 0 unspecified atom stereocenters. The summed E-state index contributed by atoms with van der Waals surface area (Å²) in [5.41, 5.74) is 1.17. The second kappa shape index (κ2) is 4.78. The first-order valence-electron chi connectivity index (χ1n) is 5.34. The maximum absolute atomic E-state index is 11.7.